The van der Waals surface area contributed by atoms with Gasteiger partial charge in [0.2, 0.25) is 11.9 Å². The standard InChI is InChI=1S/C19H21FN4O/c20-16-12-21-19(22-13-16)23-8-5-14(6-9-23)11-18(25)24-10-7-15-3-1-2-4-17(15)24/h1-4,12-14H,5-11H2. The number of nitrogens with zero attached hydrogens (tertiary/aromatic N) is 4. The lowest BCUT2D eigenvalue weighted by Gasteiger charge is -2.32. The largest absolute Gasteiger partial charge is 0.341 e. The molecule has 0 spiro atoms. The van der Waals surface area contributed by atoms with Crippen LogP contribution < -0.4 is 9.80 Å². The number of hydrogen-bond donors (Lipinski definition) is 0. The monoisotopic (exact) mass is 340 g/mol. The maximum atomic E-state index is 12.9. The van der Waals surface area contributed by atoms with E-state index in [1.165, 1.54) is 18.0 Å². The van der Waals surface area contributed by atoms with Crippen LogP contribution in [0.2, 0.25) is 0 Å². The van der Waals surface area contributed by atoms with Crippen LogP contribution in [0.4, 0.5) is 16.0 Å². The summed E-state index contributed by atoms with van der Waals surface area (Å²) in [6, 6.07) is 8.16. The quantitative estimate of drug-likeness (QED) is 0.862. The molecule has 4 rings (SSSR count). The van der Waals surface area contributed by atoms with Gasteiger partial charge in [-0.1, -0.05) is 18.2 Å². The van der Waals surface area contributed by atoms with E-state index in [0.29, 0.717) is 18.3 Å². The predicted molar refractivity (Wildman–Crippen MR) is 94.0 cm³/mol. The highest BCUT2D eigenvalue weighted by molar-refractivity contribution is 5.95. The number of aromatic nitrogens is 2. The first-order valence-electron chi connectivity index (χ1n) is 8.81. The molecule has 1 aromatic heterocycles. The van der Waals surface area contributed by atoms with Gasteiger partial charge in [-0.3, -0.25) is 4.79 Å². The van der Waals surface area contributed by atoms with Gasteiger partial charge < -0.3 is 9.80 Å². The Morgan fingerprint density at radius 3 is 2.60 bits per heavy atom. The Morgan fingerprint density at radius 1 is 1.12 bits per heavy atom. The summed E-state index contributed by atoms with van der Waals surface area (Å²) in [7, 11) is 0. The molecular weight excluding hydrogens is 319 g/mol. The van der Waals surface area contributed by atoms with Gasteiger partial charge in [0, 0.05) is 31.7 Å². The van der Waals surface area contributed by atoms with E-state index in [2.05, 4.69) is 20.9 Å². The molecule has 1 saturated heterocycles. The van der Waals surface area contributed by atoms with Gasteiger partial charge in [-0.2, -0.15) is 0 Å². The number of halogens is 1. The molecule has 5 nitrogen and oxygen atoms in total. The fourth-order valence-electron chi connectivity index (χ4n) is 3.76. The molecule has 6 heteroatoms. The molecule has 1 fully saturated rings. The average Bonchev–Trinajstić information content (AvgIpc) is 3.07. The average molecular weight is 340 g/mol. The Hall–Kier alpha value is -2.50. The fraction of sp³-hybridized carbons (Fsp3) is 0.421. The summed E-state index contributed by atoms with van der Waals surface area (Å²) < 4.78 is 12.9. The van der Waals surface area contributed by atoms with Gasteiger partial charge in [0.15, 0.2) is 5.82 Å². The predicted octanol–water partition coefficient (Wildman–Crippen LogP) is 2.81. The van der Waals surface area contributed by atoms with E-state index in [-0.39, 0.29) is 5.91 Å². The first kappa shape index (κ1) is 16.0. The van der Waals surface area contributed by atoms with Crippen LogP contribution in [0, 0.1) is 11.7 Å². The topological polar surface area (TPSA) is 49.3 Å². The molecule has 0 saturated carbocycles. The van der Waals surface area contributed by atoms with Gasteiger partial charge in [0.25, 0.3) is 0 Å². The third-order valence-electron chi connectivity index (χ3n) is 5.16. The molecule has 1 amide bonds. The maximum Gasteiger partial charge on any atom is 0.227 e. The second kappa shape index (κ2) is 6.78. The molecular formula is C19H21FN4O. The number of piperidine rings is 1. The zero-order valence-corrected chi connectivity index (χ0v) is 14.1. The summed E-state index contributed by atoms with van der Waals surface area (Å²) in [4.78, 5) is 24.8. The minimum absolute atomic E-state index is 0.224. The van der Waals surface area contributed by atoms with Crippen LogP contribution in [0.1, 0.15) is 24.8 Å². The van der Waals surface area contributed by atoms with Gasteiger partial charge in [0.05, 0.1) is 12.4 Å². The van der Waals surface area contributed by atoms with Crippen LogP contribution >= 0.6 is 0 Å². The number of amides is 1. The van der Waals surface area contributed by atoms with E-state index in [0.717, 1.165) is 44.6 Å². The van der Waals surface area contributed by atoms with Gasteiger partial charge in [-0.25, -0.2) is 14.4 Å². The lowest BCUT2D eigenvalue weighted by atomic mass is 9.93. The van der Waals surface area contributed by atoms with Crippen molar-refractivity contribution in [2.24, 2.45) is 5.92 Å². The maximum absolute atomic E-state index is 12.9. The van der Waals surface area contributed by atoms with Crippen molar-refractivity contribution in [2.45, 2.75) is 25.7 Å². The number of carbonyl (C=O) groups is 1. The Kier molecular flexibility index (Phi) is 4.34. The van der Waals surface area contributed by atoms with Crippen LogP contribution in [0.25, 0.3) is 0 Å². The van der Waals surface area contributed by atoms with Crippen molar-refractivity contribution >= 4 is 17.5 Å². The number of fused-ring (bicyclic) bond motifs is 1. The highest BCUT2D eigenvalue weighted by Crippen LogP contribution is 2.30. The second-order valence-electron chi connectivity index (χ2n) is 6.76. The molecule has 2 aliphatic rings. The fourth-order valence-corrected chi connectivity index (χ4v) is 3.76. The number of carbonyl (C=O) groups excluding carboxylic acids is 1. The highest BCUT2D eigenvalue weighted by Gasteiger charge is 2.28. The first-order chi connectivity index (χ1) is 12.2. The summed E-state index contributed by atoms with van der Waals surface area (Å²) in [5.74, 6) is 0.758. The Balaban J connectivity index is 1.33. The van der Waals surface area contributed by atoms with Crippen LogP contribution in [0.15, 0.2) is 36.7 Å². The summed E-state index contributed by atoms with van der Waals surface area (Å²) in [5, 5.41) is 0. The van der Waals surface area contributed by atoms with Crippen molar-refractivity contribution in [3.8, 4) is 0 Å². The molecule has 2 aromatic rings. The highest BCUT2D eigenvalue weighted by atomic mass is 19.1. The summed E-state index contributed by atoms with van der Waals surface area (Å²) in [6.07, 6.45) is 5.80. The molecule has 0 unspecified atom stereocenters. The third-order valence-corrected chi connectivity index (χ3v) is 5.16. The van der Waals surface area contributed by atoms with E-state index in [9.17, 15) is 9.18 Å². The van der Waals surface area contributed by atoms with E-state index in [1.807, 2.05) is 23.1 Å². The second-order valence-corrected chi connectivity index (χ2v) is 6.76. The van der Waals surface area contributed by atoms with E-state index in [4.69, 9.17) is 0 Å². The smallest absolute Gasteiger partial charge is 0.227 e. The number of hydrogen-bond acceptors (Lipinski definition) is 4. The molecule has 3 heterocycles. The van der Waals surface area contributed by atoms with Crippen LogP contribution in [0.5, 0.6) is 0 Å². The first-order valence-corrected chi connectivity index (χ1v) is 8.81. The molecule has 0 bridgehead atoms. The van der Waals surface area contributed by atoms with Crippen LogP contribution in [-0.4, -0.2) is 35.5 Å². The Bertz CT molecular complexity index is 756. The van der Waals surface area contributed by atoms with E-state index in [1.54, 1.807) is 0 Å². The normalized spacial score (nSPS) is 17.6. The molecule has 0 radical (unpaired) electrons. The number of anilines is 2. The molecule has 2 aliphatic heterocycles. The van der Waals surface area contributed by atoms with Gasteiger partial charge in [-0.15, -0.1) is 0 Å². The molecule has 0 aliphatic carbocycles. The molecule has 1 aromatic carbocycles. The zero-order chi connectivity index (χ0) is 17.2. The van der Waals surface area contributed by atoms with Crippen molar-refractivity contribution in [1.82, 2.24) is 9.97 Å². The summed E-state index contributed by atoms with van der Waals surface area (Å²) >= 11 is 0. The van der Waals surface area contributed by atoms with E-state index < -0.39 is 5.82 Å². The number of para-hydroxylation sites is 1. The Morgan fingerprint density at radius 2 is 1.84 bits per heavy atom. The third kappa shape index (κ3) is 3.34. The molecule has 0 atom stereocenters. The van der Waals surface area contributed by atoms with Gasteiger partial charge >= 0.3 is 0 Å². The van der Waals surface area contributed by atoms with Crippen LogP contribution in [-0.2, 0) is 11.2 Å². The van der Waals surface area contributed by atoms with Crippen molar-refractivity contribution in [2.75, 3.05) is 29.4 Å². The minimum Gasteiger partial charge on any atom is -0.341 e. The molecule has 25 heavy (non-hydrogen) atoms. The van der Waals surface area contributed by atoms with E-state index >= 15 is 0 Å². The van der Waals surface area contributed by atoms with Crippen molar-refractivity contribution in [3.63, 3.8) is 0 Å². The summed E-state index contributed by atoms with van der Waals surface area (Å²) in [5.41, 5.74) is 2.34. The Labute approximate surface area is 146 Å². The summed E-state index contributed by atoms with van der Waals surface area (Å²) in [6.45, 7) is 2.40. The number of rotatable bonds is 3. The van der Waals surface area contributed by atoms with Crippen molar-refractivity contribution in [3.05, 3.63) is 48.0 Å². The van der Waals surface area contributed by atoms with Crippen molar-refractivity contribution < 1.29 is 9.18 Å². The van der Waals surface area contributed by atoms with Gasteiger partial charge in [0.1, 0.15) is 0 Å². The van der Waals surface area contributed by atoms with Crippen LogP contribution in [0.3, 0.4) is 0 Å². The molecule has 130 valence electrons. The van der Waals surface area contributed by atoms with Gasteiger partial charge in [-0.05, 0) is 36.8 Å². The number of benzene rings is 1. The lowest BCUT2D eigenvalue weighted by Crippen LogP contribution is -2.37. The minimum atomic E-state index is -0.421. The zero-order valence-electron chi connectivity index (χ0n) is 14.1. The SMILES string of the molecule is O=C(CC1CCN(c2ncc(F)cn2)CC1)N1CCc2ccccc21. The van der Waals surface area contributed by atoms with Crippen molar-refractivity contribution in [1.29, 1.82) is 0 Å². The molecule has 0 N–H and O–H groups in total. The lowest BCUT2D eigenvalue weighted by molar-refractivity contribution is -0.119.